The minimum absolute atomic E-state index is 0.0854. The van der Waals surface area contributed by atoms with E-state index in [1.54, 1.807) is 30.6 Å². The summed E-state index contributed by atoms with van der Waals surface area (Å²) in [5, 5.41) is 13.1. The predicted octanol–water partition coefficient (Wildman–Crippen LogP) is 1.97. The lowest BCUT2D eigenvalue weighted by Crippen LogP contribution is -2.22. The van der Waals surface area contributed by atoms with E-state index in [9.17, 15) is 18.3 Å². The van der Waals surface area contributed by atoms with E-state index in [4.69, 9.17) is 0 Å². The molecule has 4 aromatic rings. The number of nitrogens with one attached hydrogen (secondary N) is 1. The standard InChI is InChI=1S/C18H16N6O4S/c1-23(2)29(27,28)12-5-3-4-11(8-12)21-18-22-14-6-7-19-9-13(14)16-20-10-15(17(25)26)24(16)18/h3-10H,1-2H3,(H,21,22)(H,25,26). The fourth-order valence-electron chi connectivity index (χ4n) is 2.89. The summed E-state index contributed by atoms with van der Waals surface area (Å²) in [6, 6.07) is 7.87. The quantitative estimate of drug-likeness (QED) is 0.509. The highest BCUT2D eigenvalue weighted by Crippen LogP contribution is 2.26. The summed E-state index contributed by atoms with van der Waals surface area (Å²) in [7, 11) is -0.734. The lowest BCUT2D eigenvalue weighted by atomic mass is 10.3. The molecule has 0 saturated carbocycles. The lowest BCUT2D eigenvalue weighted by molar-refractivity contribution is 0.0689. The van der Waals surface area contributed by atoms with Gasteiger partial charge in [0.15, 0.2) is 11.3 Å². The van der Waals surface area contributed by atoms with E-state index in [1.807, 2.05) is 0 Å². The average Bonchev–Trinajstić information content (AvgIpc) is 3.14. The molecule has 3 aromatic heterocycles. The number of hydrogen-bond donors (Lipinski definition) is 2. The molecule has 3 heterocycles. The zero-order valence-corrected chi connectivity index (χ0v) is 16.3. The van der Waals surface area contributed by atoms with Gasteiger partial charge in [-0.3, -0.25) is 9.38 Å². The van der Waals surface area contributed by atoms with Crippen molar-refractivity contribution in [1.29, 1.82) is 0 Å². The summed E-state index contributed by atoms with van der Waals surface area (Å²) < 4.78 is 27.3. The predicted molar refractivity (Wildman–Crippen MR) is 106 cm³/mol. The van der Waals surface area contributed by atoms with Crippen molar-refractivity contribution in [3.63, 3.8) is 0 Å². The van der Waals surface area contributed by atoms with Crippen molar-refractivity contribution in [2.75, 3.05) is 19.4 Å². The summed E-state index contributed by atoms with van der Waals surface area (Å²) >= 11 is 0. The number of anilines is 2. The molecule has 0 unspecified atom stereocenters. The largest absolute Gasteiger partial charge is 0.477 e. The molecule has 0 aliphatic heterocycles. The first-order valence-electron chi connectivity index (χ1n) is 8.43. The smallest absolute Gasteiger partial charge is 0.354 e. The van der Waals surface area contributed by atoms with E-state index in [0.717, 1.165) is 4.31 Å². The Hall–Kier alpha value is -3.57. The number of carboxylic acid groups (broad SMARTS) is 1. The summed E-state index contributed by atoms with van der Waals surface area (Å²) in [6.45, 7) is 0. The van der Waals surface area contributed by atoms with Crippen molar-refractivity contribution < 1.29 is 18.3 Å². The third kappa shape index (κ3) is 3.15. The molecule has 0 saturated heterocycles. The number of aromatic nitrogens is 4. The van der Waals surface area contributed by atoms with Crippen molar-refractivity contribution >= 4 is 44.2 Å². The molecule has 0 aliphatic rings. The molecule has 1 aromatic carbocycles. The highest BCUT2D eigenvalue weighted by Gasteiger charge is 2.20. The zero-order chi connectivity index (χ0) is 20.8. The van der Waals surface area contributed by atoms with Crippen LogP contribution in [0.4, 0.5) is 11.6 Å². The average molecular weight is 412 g/mol. The molecule has 148 valence electrons. The Labute approximate surface area is 165 Å². The van der Waals surface area contributed by atoms with Crippen molar-refractivity contribution in [1.82, 2.24) is 23.7 Å². The molecule has 0 amide bonds. The number of rotatable bonds is 5. The lowest BCUT2D eigenvalue weighted by Gasteiger charge is -2.14. The van der Waals surface area contributed by atoms with Crippen LogP contribution in [0, 0.1) is 0 Å². The first-order valence-corrected chi connectivity index (χ1v) is 9.87. The Kier molecular flexibility index (Phi) is 4.40. The zero-order valence-electron chi connectivity index (χ0n) is 15.4. The van der Waals surface area contributed by atoms with Gasteiger partial charge >= 0.3 is 5.97 Å². The number of imidazole rings is 1. The highest BCUT2D eigenvalue weighted by molar-refractivity contribution is 7.89. The van der Waals surface area contributed by atoms with E-state index < -0.39 is 16.0 Å². The number of sulfonamides is 1. The third-order valence-electron chi connectivity index (χ3n) is 4.33. The van der Waals surface area contributed by atoms with E-state index in [2.05, 4.69) is 20.3 Å². The molecular formula is C18H16N6O4S. The molecule has 0 bridgehead atoms. The summed E-state index contributed by atoms with van der Waals surface area (Å²) in [6.07, 6.45) is 4.37. The van der Waals surface area contributed by atoms with Crippen LogP contribution in [-0.2, 0) is 10.0 Å². The second-order valence-corrected chi connectivity index (χ2v) is 8.53. The first kappa shape index (κ1) is 18.8. The van der Waals surface area contributed by atoms with E-state index >= 15 is 0 Å². The van der Waals surface area contributed by atoms with Gasteiger partial charge in [0.05, 0.1) is 22.0 Å². The minimum atomic E-state index is -3.63. The Morgan fingerprint density at radius 1 is 1.21 bits per heavy atom. The molecule has 0 spiro atoms. The number of pyridine rings is 1. The molecule has 10 nitrogen and oxygen atoms in total. The first-order chi connectivity index (χ1) is 13.8. The molecule has 0 aliphatic carbocycles. The number of carboxylic acids is 1. The summed E-state index contributed by atoms with van der Waals surface area (Å²) in [5.41, 5.74) is 1.28. The fraction of sp³-hybridized carbons (Fsp3) is 0.111. The van der Waals surface area contributed by atoms with Gasteiger partial charge in [-0.15, -0.1) is 0 Å². The number of hydrogen-bond acceptors (Lipinski definition) is 7. The van der Waals surface area contributed by atoms with Gasteiger partial charge in [0, 0.05) is 32.2 Å². The van der Waals surface area contributed by atoms with Crippen molar-refractivity contribution in [2.45, 2.75) is 4.90 Å². The maximum absolute atomic E-state index is 12.4. The molecule has 0 atom stereocenters. The Morgan fingerprint density at radius 3 is 2.72 bits per heavy atom. The van der Waals surface area contributed by atoms with Crippen LogP contribution in [0.5, 0.6) is 0 Å². The second kappa shape index (κ2) is 6.79. The van der Waals surface area contributed by atoms with Gasteiger partial charge in [-0.05, 0) is 24.3 Å². The van der Waals surface area contributed by atoms with Crippen molar-refractivity contribution in [3.8, 4) is 0 Å². The molecule has 29 heavy (non-hydrogen) atoms. The Balaban J connectivity index is 1.90. The van der Waals surface area contributed by atoms with Crippen LogP contribution < -0.4 is 5.32 Å². The van der Waals surface area contributed by atoms with Crippen LogP contribution >= 0.6 is 0 Å². The van der Waals surface area contributed by atoms with Crippen LogP contribution in [-0.4, -0.2) is 57.2 Å². The molecule has 4 rings (SSSR count). The molecule has 0 fully saturated rings. The topological polar surface area (TPSA) is 130 Å². The van der Waals surface area contributed by atoms with Gasteiger partial charge < -0.3 is 10.4 Å². The third-order valence-corrected chi connectivity index (χ3v) is 6.14. The minimum Gasteiger partial charge on any atom is -0.477 e. The fourth-order valence-corrected chi connectivity index (χ4v) is 3.83. The number of aromatic carboxylic acids is 1. The number of fused-ring (bicyclic) bond motifs is 3. The van der Waals surface area contributed by atoms with Crippen LogP contribution in [0.15, 0.2) is 53.8 Å². The van der Waals surface area contributed by atoms with E-state index in [-0.39, 0.29) is 16.5 Å². The SMILES string of the molecule is CN(C)S(=O)(=O)c1cccc(Nc2nc3ccncc3c3ncc(C(=O)O)n23)c1. The number of carbonyl (C=O) groups is 1. The van der Waals surface area contributed by atoms with Gasteiger partial charge in [0.1, 0.15) is 0 Å². The number of benzene rings is 1. The van der Waals surface area contributed by atoms with Gasteiger partial charge in [-0.1, -0.05) is 6.07 Å². The normalized spacial score (nSPS) is 12.0. The van der Waals surface area contributed by atoms with E-state index in [1.165, 1.54) is 36.8 Å². The van der Waals surface area contributed by atoms with Crippen LogP contribution in [0.3, 0.4) is 0 Å². The molecule has 11 heteroatoms. The Bertz CT molecular complexity index is 1360. The summed E-state index contributed by atoms with van der Waals surface area (Å²) in [5.74, 6) is -0.984. The van der Waals surface area contributed by atoms with Gasteiger partial charge in [0.25, 0.3) is 0 Å². The van der Waals surface area contributed by atoms with Crippen molar-refractivity contribution in [3.05, 3.63) is 54.6 Å². The second-order valence-electron chi connectivity index (χ2n) is 6.38. The van der Waals surface area contributed by atoms with Crippen LogP contribution in [0.2, 0.25) is 0 Å². The van der Waals surface area contributed by atoms with Gasteiger partial charge in [0.2, 0.25) is 16.0 Å². The molecular weight excluding hydrogens is 396 g/mol. The maximum atomic E-state index is 12.4. The Morgan fingerprint density at radius 2 is 2.00 bits per heavy atom. The van der Waals surface area contributed by atoms with Crippen LogP contribution in [0.25, 0.3) is 16.6 Å². The van der Waals surface area contributed by atoms with Gasteiger partial charge in [-0.25, -0.2) is 27.5 Å². The number of nitrogens with zero attached hydrogens (tertiary/aromatic N) is 5. The maximum Gasteiger partial charge on any atom is 0.354 e. The molecule has 2 N–H and O–H groups in total. The molecule has 0 radical (unpaired) electrons. The van der Waals surface area contributed by atoms with Crippen LogP contribution in [0.1, 0.15) is 10.5 Å². The van der Waals surface area contributed by atoms with E-state index in [0.29, 0.717) is 22.2 Å². The van der Waals surface area contributed by atoms with Gasteiger partial charge in [-0.2, -0.15) is 0 Å². The monoisotopic (exact) mass is 412 g/mol. The summed E-state index contributed by atoms with van der Waals surface area (Å²) in [4.78, 5) is 24.5. The highest BCUT2D eigenvalue weighted by atomic mass is 32.2. The van der Waals surface area contributed by atoms with Crippen molar-refractivity contribution in [2.24, 2.45) is 0 Å².